The van der Waals surface area contributed by atoms with E-state index in [2.05, 4.69) is 5.32 Å². The number of benzene rings is 1. The summed E-state index contributed by atoms with van der Waals surface area (Å²) in [5.74, 6) is 0.0183. The van der Waals surface area contributed by atoms with E-state index in [1.165, 1.54) is 23.6 Å². The number of piperidine rings is 2. The monoisotopic (exact) mass is 391 g/mol. The van der Waals surface area contributed by atoms with E-state index < -0.39 is 10.0 Å². The van der Waals surface area contributed by atoms with E-state index in [9.17, 15) is 13.2 Å². The topological polar surface area (TPSA) is 69.7 Å². The molecule has 27 heavy (non-hydrogen) atoms. The van der Waals surface area contributed by atoms with Gasteiger partial charge in [0.05, 0.1) is 4.90 Å². The maximum absolute atomic E-state index is 13.0. The van der Waals surface area contributed by atoms with Crippen molar-refractivity contribution < 1.29 is 13.2 Å². The van der Waals surface area contributed by atoms with Gasteiger partial charge < -0.3 is 10.2 Å². The number of amides is 1. The van der Waals surface area contributed by atoms with Crippen LogP contribution in [0.2, 0.25) is 0 Å². The zero-order chi connectivity index (χ0) is 18.9. The van der Waals surface area contributed by atoms with Crippen molar-refractivity contribution in [3.63, 3.8) is 0 Å². The molecule has 3 saturated heterocycles. The first-order valence-corrected chi connectivity index (χ1v) is 11.5. The van der Waals surface area contributed by atoms with Crippen LogP contribution >= 0.6 is 0 Å². The highest BCUT2D eigenvalue weighted by Crippen LogP contribution is 2.36. The summed E-state index contributed by atoms with van der Waals surface area (Å²) in [5, 5.41) is 3.49. The van der Waals surface area contributed by atoms with Crippen LogP contribution in [0.15, 0.2) is 29.2 Å². The van der Waals surface area contributed by atoms with Crippen LogP contribution in [0.3, 0.4) is 0 Å². The highest BCUT2D eigenvalue weighted by Gasteiger charge is 2.38. The van der Waals surface area contributed by atoms with Gasteiger partial charge in [-0.1, -0.05) is 0 Å². The van der Waals surface area contributed by atoms with Crippen molar-refractivity contribution in [2.75, 3.05) is 39.3 Å². The number of carbonyl (C=O) groups excluding carboxylic acids is 1. The van der Waals surface area contributed by atoms with Crippen molar-refractivity contribution in [1.82, 2.24) is 14.5 Å². The Kier molecular flexibility index (Phi) is 5.27. The quantitative estimate of drug-likeness (QED) is 0.856. The molecule has 7 heteroatoms. The highest BCUT2D eigenvalue weighted by molar-refractivity contribution is 7.89. The van der Waals surface area contributed by atoms with Crippen LogP contribution in [-0.2, 0) is 10.0 Å². The van der Waals surface area contributed by atoms with Crippen molar-refractivity contribution in [2.24, 2.45) is 5.41 Å². The van der Waals surface area contributed by atoms with Crippen LogP contribution in [-0.4, -0.2) is 62.8 Å². The van der Waals surface area contributed by atoms with Crippen molar-refractivity contribution in [3.05, 3.63) is 29.8 Å². The van der Waals surface area contributed by atoms with Gasteiger partial charge in [-0.3, -0.25) is 4.79 Å². The van der Waals surface area contributed by atoms with Gasteiger partial charge in [0.15, 0.2) is 0 Å². The van der Waals surface area contributed by atoms with Crippen LogP contribution in [0.25, 0.3) is 0 Å². The second-order valence-electron chi connectivity index (χ2n) is 8.25. The predicted molar refractivity (Wildman–Crippen MR) is 104 cm³/mol. The molecular formula is C20H29N3O3S. The lowest BCUT2D eigenvalue weighted by Crippen LogP contribution is -2.52. The lowest BCUT2D eigenvalue weighted by Gasteiger charge is -2.45. The zero-order valence-corrected chi connectivity index (χ0v) is 16.6. The number of carbonyl (C=O) groups is 1. The van der Waals surface area contributed by atoms with E-state index >= 15 is 0 Å². The molecule has 3 heterocycles. The van der Waals surface area contributed by atoms with E-state index in [4.69, 9.17) is 0 Å². The Bertz CT molecular complexity index is 774. The van der Waals surface area contributed by atoms with Gasteiger partial charge in [0.25, 0.3) is 5.91 Å². The lowest BCUT2D eigenvalue weighted by molar-refractivity contribution is 0.0434. The van der Waals surface area contributed by atoms with Crippen molar-refractivity contribution in [1.29, 1.82) is 0 Å². The molecule has 0 aliphatic carbocycles. The van der Waals surface area contributed by atoms with E-state index in [1.807, 2.05) is 4.90 Å². The minimum absolute atomic E-state index is 0.0183. The first-order chi connectivity index (χ1) is 13.0. The summed E-state index contributed by atoms with van der Waals surface area (Å²) in [6, 6.07) is 6.52. The molecule has 0 bridgehead atoms. The number of sulfonamides is 1. The van der Waals surface area contributed by atoms with E-state index in [0.717, 1.165) is 45.4 Å². The molecule has 3 aliphatic rings. The van der Waals surface area contributed by atoms with Crippen molar-refractivity contribution in [2.45, 2.75) is 43.4 Å². The SMILES string of the molecule is O=C(c1ccc(S(=O)(=O)N2CCCC2)cc1)N1CCCC2(CCCNC2)C1. The van der Waals surface area contributed by atoms with Gasteiger partial charge in [0.1, 0.15) is 0 Å². The third-order valence-corrected chi connectivity index (χ3v) is 8.23. The Hall–Kier alpha value is -1.44. The molecule has 1 aromatic carbocycles. The fraction of sp³-hybridized carbons (Fsp3) is 0.650. The molecule has 0 saturated carbocycles. The third-order valence-electron chi connectivity index (χ3n) is 6.31. The molecule has 0 aromatic heterocycles. The van der Waals surface area contributed by atoms with Crippen LogP contribution in [0.5, 0.6) is 0 Å². The molecule has 3 aliphatic heterocycles. The van der Waals surface area contributed by atoms with Crippen LogP contribution in [0, 0.1) is 5.41 Å². The molecule has 1 unspecified atom stereocenters. The van der Waals surface area contributed by atoms with Gasteiger partial charge in [-0.25, -0.2) is 8.42 Å². The number of nitrogens with one attached hydrogen (secondary N) is 1. The maximum Gasteiger partial charge on any atom is 0.253 e. The summed E-state index contributed by atoms with van der Waals surface area (Å²) < 4.78 is 26.8. The van der Waals surface area contributed by atoms with Crippen LogP contribution in [0.1, 0.15) is 48.9 Å². The zero-order valence-electron chi connectivity index (χ0n) is 15.8. The van der Waals surface area contributed by atoms with Crippen LogP contribution < -0.4 is 5.32 Å². The second-order valence-corrected chi connectivity index (χ2v) is 10.2. The fourth-order valence-electron chi connectivity index (χ4n) is 4.79. The first-order valence-electron chi connectivity index (χ1n) is 10.1. The average Bonchev–Trinajstić information content (AvgIpc) is 3.24. The Balaban J connectivity index is 1.47. The summed E-state index contributed by atoms with van der Waals surface area (Å²) in [4.78, 5) is 15.2. The van der Waals surface area contributed by atoms with Gasteiger partial charge in [-0.2, -0.15) is 4.31 Å². The molecule has 1 amide bonds. The molecule has 0 radical (unpaired) electrons. The van der Waals surface area contributed by atoms with Gasteiger partial charge in [-0.15, -0.1) is 0 Å². The summed E-state index contributed by atoms with van der Waals surface area (Å²) in [6.07, 6.45) is 6.40. The maximum atomic E-state index is 13.0. The van der Waals surface area contributed by atoms with Gasteiger partial charge in [0, 0.05) is 43.7 Å². The third kappa shape index (κ3) is 3.77. The highest BCUT2D eigenvalue weighted by atomic mass is 32.2. The van der Waals surface area contributed by atoms with E-state index in [1.54, 1.807) is 24.3 Å². The molecule has 1 spiro atoms. The Morgan fingerprint density at radius 2 is 1.67 bits per heavy atom. The van der Waals surface area contributed by atoms with Crippen molar-refractivity contribution in [3.8, 4) is 0 Å². The molecule has 1 aromatic rings. The Labute approximate surface area is 162 Å². The van der Waals surface area contributed by atoms with E-state index in [0.29, 0.717) is 18.7 Å². The molecule has 4 rings (SSSR count). The largest absolute Gasteiger partial charge is 0.338 e. The molecule has 6 nitrogen and oxygen atoms in total. The summed E-state index contributed by atoms with van der Waals surface area (Å²) >= 11 is 0. The van der Waals surface area contributed by atoms with Crippen molar-refractivity contribution >= 4 is 15.9 Å². The average molecular weight is 392 g/mol. The summed E-state index contributed by atoms with van der Waals surface area (Å²) in [6.45, 7) is 4.83. The first kappa shape index (κ1) is 18.9. The van der Waals surface area contributed by atoms with Gasteiger partial charge in [-0.05, 0) is 69.3 Å². The number of rotatable bonds is 3. The molecule has 3 fully saturated rings. The minimum atomic E-state index is -3.43. The normalized spacial score (nSPS) is 27.2. The number of likely N-dealkylation sites (tertiary alicyclic amines) is 1. The smallest absolute Gasteiger partial charge is 0.253 e. The number of hydrogen-bond acceptors (Lipinski definition) is 4. The minimum Gasteiger partial charge on any atom is -0.338 e. The summed E-state index contributed by atoms with van der Waals surface area (Å²) in [5.41, 5.74) is 0.793. The second kappa shape index (κ2) is 7.53. The molecule has 1 N–H and O–H groups in total. The van der Waals surface area contributed by atoms with Crippen LogP contribution in [0.4, 0.5) is 0 Å². The van der Waals surface area contributed by atoms with Gasteiger partial charge in [0.2, 0.25) is 10.0 Å². The molecule has 1 atom stereocenters. The molecular weight excluding hydrogens is 362 g/mol. The summed E-state index contributed by atoms with van der Waals surface area (Å²) in [7, 11) is -3.43. The standard InChI is InChI=1S/C20H29N3O3S/c24-19(22-12-4-10-20(16-22)9-3-11-21-15-20)17-5-7-18(8-6-17)27(25,26)23-13-1-2-14-23/h5-8,21H,1-4,9-16H2. The van der Waals surface area contributed by atoms with Gasteiger partial charge >= 0.3 is 0 Å². The fourth-order valence-corrected chi connectivity index (χ4v) is 6.31. The Morgan fingerprint density at radius 3 is 2.33 bits per heavy atom. The van der Waals surface area contributed by atoms with E-state index in [-0.39, 0.29) is 16.2 Å². The molecule has 148 valence electrons. The lowest BCUT2D eigenvalue weighted by atomic mass is 9.74. The Morgan fingerprint density at radius 1 is 0.963 bits per heavy atom. The number of nitrogens with zero attached hydrogens (tertiary/aromatic N) is 2. The predicted octanol–water partition coefficient (Wildman–Crippen LogP) is 2.08. The number of hydrogen-bond donors (Lipinski definition) is 1.